The summed E-state index contributed by atoms with van der Waals surface area (Å²) in [4.78, 5) is 35.7. The van der Waals surface area contributed by atoms with E-state index in [4.69, 9.17) is 9.47 Å². The maximum atomic E-state index is 12.1. The Morgan fingerprint density at radius 1 is 0.676 bits per heavy atom. The fourth-order valence-electron chi connectivity index (χ4n) is 3.26. The predicted octanol–water partition coefficient (Wildman–Crippen LogP) is 6.86. The molecule has 206 valence electrons. The topological polar surface area (TPSA) is 81.7 Å². The average molecular weight is 514 g/mol. The van der Waals surface area contributed by atoms with Crippen molar-refractivity contribution in [3.8, 4) is 0 Å². The van der Waals surface area contributed by atoms with Gasteiger partial charge < -0.3 is 14.8 Å². The van der Waals surface area contributed by atoms with Crippen molar-refractivity contribution in [2.24, 2.45) is 0 Å². The second-order valence-electron chi connectivity index (χ2n) is 8.39. The second kappa shape index (κ2) is 25.9. The Morgan fingerprint density at radius 3 is 1.81 bits per heavy atom. The van der Waals surface area contributed by atoms with Crippen LogP contribution in [-0.4, -0.2) is 37.1 Å². The summed E-state index contributed by atoms with van der Waals surface area (Å²) in [5.74, 6) is -1.44. The summed E-state index contributed by atoms with van der Waals surface area (Å²) in [5, 5.41) is 2.57. The minimum Gasteiger partial charge on any atom is -0.466 e. The molecule has 0 spiro atoms. The van der Waals surface area contributed by atoms with Gasteiger partial charge in [-0.2, -0.15) is 0 Å². The Morgan fingerprint density at radius 2 is 1.22 bits per heavy atom. The monoisotopic (exact) mass is 513 g/mol. The van der Waals surface area contributed by atoms with Crippen LogP contribution in [0.15, 0.2) is 72.9 Å². The van der Waals surface area contributed by atoms with Gasteiger partial charge in [-0.05, 0) is 33.1 Å². The van der Waals surface area contributed by atoms with E-state index < -0.39 is 23.9 Å². The molecular weight excluding hydrogens is 466 g/mol. The van der Waals surface area contributed by atoms with Crippen molar-refractivity contribution in [3.63, 3.8) is 0 Å². The number of ether oxygens (including phenoxy) is 2. The first-order valence-electron chi connectivity index (χ1n) is 13.7. The number of hydrogen-bond acceptors (Lipinski definition) is 5. The zero-order valence-electron chi connectivity index (χ0n) is 23.0. The third-order valence-electron chi connectivity index (χ3n) is 5.19. The summed E-state index contributed by atoms with van der Waals surface area (Å²) in [6.45, 7) is 6.09. The number of amides is 1. The largest absolute Gasteiger partial charge is 0.466 e. The molecule has 0 heterocycles. The molecule has 0 aliphatic carbocycles. The maximum Gasteiger partial charge on any atom is 0.328 e. The Kier molecular flexibility index (Phi) is 23.7. The van der Waals surface area contributed by atoms with Crippen molar-refractivity contribution in [3.05, 3.63) is 72.9 Å². The lowest BCUT2D eigenvalue weighted by molar-refractivity contribution is -0.148. The van der Waals surface area contributed by atoms with Gasteiger partial charge in [0.15, 0.2) is 0 Å². The van der Waals surface area contributed by atoms with Crippen LogP contribution in [0.3, 0.4) is 0 Å². The van der Waals surface area contributed by atoms with Crippen LogP contribution in [0, 0.1) is 0 Å². The lowest BCUT2D eigenvalue weighted by Gasteiger charge is -2.15. The van der Waals surface area contributed by atoms with Crippen LogP contribution in [0.25, 0.3) is 0 Å². The molecule has 1 N–H and O–H groups in total. The van der Waals surface area contributed by atoms with Crippen molar-refractivity contribution in [2.45, 2.75) is 91.0 Å². The number of allylic oxidation sites excluding steroid dienone is 11. The molecule has 0 saturated heterocycles. The van der Waals surface area contributed by atoms with Crippen LogP contribution in [0.4, 0.5) is 0 Å². The summed E-state index contributed by atoms with van der Waals surface area (Å²) in [7, 11) is 0. The van der Waals surface area contributed by atoms with E-state index in [1.54, 1.807) is 32.1 Å². The molecular formula is C31H47NO5. The maximum absolute atomic E-state index is 12.1. The number of rotatable bonds is 21. The average Bonchev–Trinajstić information content (AvgIpc) is 2.88. The Bertz CT molecular complexity index is 789. The first-order chi connectivity index (χ1) is 18.0. The summed E-state index contributed by atoms with van der Waals surface area (Å²) >= 11 is 0. The standard InChI is InChI=1S/C31H47NO5/c1-4-7-8-9-10-11-12-13-14-15-16-17-18-19-20-21-22-23-24-25-29(33)32-28(31(35)37-6-3)26-27-30(34)36-5-2/h14-25,28H,4-13,26-27H2,1-3H3,(H,32,33)/t28-/m0/s1. The molecule has 1 atom stereocenters. The molecule has 0 unspecified atom stereocenters. The van der Waals surface area contributed by atoms with Crippen molar-refractivity contribution >= 4 is 17.8 Å². The van der Waals surface area contributed by atoms with E-state index in [1.807, 2.05) is 36.5 Å². The van der Waals surface area contributed by atoms with E-state index >= 15 is 0 Å². The van der Waals surface area contributed by atoms with Crippen LogP contribution in [0.2, 0.25) is 0 Å². The smallest absolute Gasteiger partial charge is 0.328 e. The zero-order chi connectivity index (χ0) is 27.4. The highest BCUT2D eigenvalue weighted by Gasteiger charge is 2.22. The number of nitrogens with one attached hydrogen (secondary N) is 1. The normalized spacial score (nSPS) is 13.1. The van der Waals surface area contributed by atoms with Crippen LogP contribution in [0.1, 0.15) is 85.0 Å². The molecule has 0 bridgehead atoms. The minimum atomic E-state index is -0.904. The van der Waals surface area contributed by atoms with Crippen molar-refractivity contribution < 1.29 is 23.9 Å². The Balaban J connectivity index is 4.21. The Labute approximate surface area is 224 Å². The lowest BCUT2D eigenvalue weighted by Crippen LogP contribution is -2.41. The summed E-state index contributed by atoms with van der Waals surface area (Å²) in [5.41, 5.74) is 0. The molecule has 0 rings (SSSR count). The summed E-state index contributed by atoms with van der Waals surface area (Å²) < 4.78 is 9.84. The van der Waals surface area contributed by atoms with Crippen LogP contribution >= 0.6 is 0 Å². The van der Waals surface area contributed by atoms with Crippen molar-refractivity contribution in [1.82, 2.24) is 5.32 Å². The van der Waals surface area contributed by atoms with E-state index in [2.05, 4.69) is 24.4 Å². The zero-order valence-corrected chi connectivity index (χ0v) is 23.0. The fourth-order valence-corrected chi connectivity index (χ4v) is 3.26. The van der Waals surface area contributed by atoms with Crippen LogP contribution in [-0.2, 0) is 23.9 Å². The fraction of sp³-hybridized carbons (Fsp3) is 0.516. The second-order valence-corrected chi connectivity index (χ2v) is 8.39. The van der Waals surface area contributed by atoms with Gasteiger partial charge in [0.1, 0.15) is 6.04 Å². The van der Waals surface area contributed by atoms with E-state index in [1.165, 1.54) is 51.0 Å². The van der Waals surface area contributed by atoms with Gasteiger partial charge in [0.05, 0.1) is 13.2 Å². The number of unbranched alkanes of at least 4 members (excludes halogenated alkanes) is 7. The molecule has 6 heteroatoms. The van der Waals surface area contributed by atoms with Gasteiger partial charge in [-0.15, -0.1) is 0 Å². The predicted molar refractivity (Wildman–Crippen MR) is 152 cm³/mol. The van der Waals surface area contributed by atoms with E-state index in [0.717, 1.165) is 6.42 Å². The molecule has 0 aliphatic rings. The molecule has 37 heavy (non-hydrogen) atoms. The first-order valence-corrected chi connectivity index (χ1v) is 13.7. The van der Waals surface area contributed by atoms with Crippen LogP contribution in [0.5, 0.6) is 0 Å². The van der Waals surface area contributed by atoms with Gasteiger partial charge in [0.25, 0.3) is 0 Å². The van der Waals surface area contributed by atoms with Gasteiger partial charge in [-0.25, -0.2) is 4.79 Å². The molecule has 0 saturated carbocycles. The van der Waals surface area contributed by atoms with Gasteiger partial charge in [-0.1, -0.05) is 112 Å². The molecule has 0 aliphatic heterocycles. The van der Waals surface area contributed by atoms with E-state index in [-0.39, 0.29) is 26.1 Å². The quantitative estimate of drug-likeness (QED) is 0.0785. The number of carbonyl (C=O) groups is 3. The third kappa shape index (κ3) is 23.0. The molecule has 0 radical (unpaired) electrons. The van der Waals surface area contributed by atoms with Gasteiger partial charge in [0, 0.05) is 12.5 Å². The molecule has 1 amide bonds. The van der Waals surface area contributed by atoms with E-state index in [9.17, 15) is 14.4 Å². The first kappa shape index (κ1) is 33.8. The van der Waals surface area contributed by atoms with Gasteiger partial charge in [0.2, 0.25) is 5.91 Å². The highest BCUT2D eigenvalue weighted by Crippen LogP contribution is 2.08. The lowest BCUT2D eigenvalue weighted by atomic mass is 10.1. The Hall–Kier alpha value is -3.15. The van der Waals surface area contributed by atoms with Crippen LogP contribution < -0.4 is 5.32 Å². The number of carbonyl (C=O) groups excluding carboxylic acids is 3. The third-order valence-corrected chi connectivity index (χ3v) is 5.19. The highest BCUT2D eigenvalue weighted by molar-refractivity contribution is 5.91. The molecule has 6 nitrogen and oxygen atoms in total. The highest BCUT2D eigenvalue weighted by atomic mass is 16.5. The molecule has 0 fully saturated rings. The van der Waals surface area contributed by atoms with Gasteiger partial charge in [-0.3, -0.25) is 9.59 Å². The number of esters is 2. The molecule has 0 aromatic heterocycles. The summed E-state index contributed by atoms with van der Waals surface area (Å²) in [6.07, 6.45) is 33.0. The van der Waals surface area contributed by atoms with Crippen molar-refractivity contribution in [1.29, 1.82) is 0 Å². The number of hydrogen-bond donors (Lipinski definition) is 1. The molecule has 0 aromatic rings. The van der Waals surface area contributed by atoms with Crippen molar-refractivity contribution in [2.75, 3.05) is 13.2 Å². The molecule has 0 aromatic carbocycles. The minimum absolute atomic E-state index is 0.0181. The summed E-state index contributed by atoms with van der Waals surface area (Å²) in [6, 6.07) is -0.904. The van der Waals surface area contributed by atoms with Gasteiger partial charge >= 0.3 is 11.9 Å². The van der Waals surface area contributed by atoms with E-state index in [0.29, 0.717) is 0 Å². The SMILES string of the molecule is CCCCCCCCCC=CC=CC=CC=CC=CC=CC(=O)N[C@@H](CCC(=O)OCC)C(=O)OCC.